The second-order valence-corrected chi connectivity index (χ2v) is 26.9. The molecule has 0 spiro atoms. The minimum Gasteiger partial charge on any atom is -0.509 e. The quantitative estimate of drug-likeness (QED) is 0.101. The second-order valence-electron chi connectivity index (χ2n) is 23.3. The smallest absolute Gasteiger partial charge is 0.135 e. The Morgan fingerprint density at radius 1 is 0.582 bits per heavy atom. The van der Waals surface area contributed by atoms with Crippen LogP contribution in [-0.2, 0) is 38.3 Å². The molecule has 1 aromatic heterocycles. The Morgan fingerprint density at radius 3 is 1.91 bits per heavy atom. The van der Waals surface area contributed by atoms with Crippen molar-refractivity contribution in [1.82, 2.24) is 4.98 Å². The molecule has 3 aliphatic rings. The van der Waals surface area contributed by atoms with E-state index in [2.05, 4.69) is 216 Å². The van der Waals surface area contributed by atoms with Gasteiger partial charge in [-0.2, -0.15) is 6.07 Å². The zero-order chi connectivity index (χ0) is 57.9. The third-order valence-electron chi connectivity index (χ3n) is 15.6. The van der Waals surface area contributed by atoms with Gasteiger partial charge in [-0.15, -0.1) is 53.4 Å². The molecule has 0 aliphatic carbocycles. The Kier molecular flexibility index (Phi) is 11.8. The van der Waals surface area contributed by atoms with Crippen molar-refractivity contribution in [2.75, 3.05) is 14.7 Å². The van der Waals surface area contributed by atoms with Crippen LogP contribution in [0, 0.1) is 24.7 Å². The van der Waals surface area contributed by atoms with Crippen LogP contribution in [0.4, 0.5) is 39.9 Å². The van der Waals surface area contributed by atoms with E-state index in [-0.39, 0.29) is 49.5 Å². The number of hydrogen-bond donors (Lipinski definition) is 0. The molecule has 3 aliphatic heterocycles. The van der Waals surface area contributed by atoms with Gasteiger partial charge in [-0.25, -0.2) is 4.98 Å². The van der Waals surface area contributed by atoms with Crippen LogP contribution < -0.4 is 40.2 Å². The summed E-state index contributed by atoms with van der Waals surface area (Å²) >= 11 is 0. The molecule has 5 nitrogen and oxygen atoms in total. The van der Waals surface area contributed by atoms with E-state index < -0.39 is 26.2 Å². The van der Waals surface area contributed by atoms with Crippen LogP contribution in [0.3, 0.4) is 0 Å². The summed E-state index contributed by atoms with van der Waals surface area (Å²) in [6.07, 6.45) is 2.85. The molecule has 1 atom stereocenters. The first-order valence-corrected chi connectivity index (χ1v) is 29.0. The molecule has 79 heavy (non-hydrogen) atoms. The molecule has 0 saturated heterocycles. The molecular formula is C72H63N4OPtSi-3. The molecule has 394 valence electrons. The normalized spacial score (nSPS) is 16.0. The molecule has 9 aromatic carbocycles. The molecule has 4 heterocycles. The molecular weight excluding hydrogens is 1160 g/mol. The van der Waals surface area contributed by atoms with Crippen molar-refractivity contribution in [3.8, 4) is 44.9 Å². The van der Waals surface area contributed by atoms with Gasteiger partial charge in [-0.3, -0.25) is 0 Å². The van der Waals surface area contributed by atoms with Gasteiger partial charge < -0.3 is 19.4 Å². The average Bonchev–Trinajstić information content (AvgIpc) is 1.53. The van der Waals surface area contributed by atoms with Gasteiger partial charge in [0, 0.05) is 72.6 Å². The fraction of sp³-hybridized carbons (Fsp3) is 0.167. The van der Waals surface area contributed by atoms with E-state index in [0.717, 1.165) is 62.8 Å². The summed E-state index contributed by atoms with van der Waals surface area (Å²) in [4.78, 5) is 11.6. The van der Waals surface area contributed by atoms with Crippen LogP contribution in [0.15, 0.2) is 212 Å². The molecule has 0 fully saturated rings. The van der Waals surface area contributed by atoms with E-state index >= 15 is 0 Å². The molecule has 0 N–H and O–H groups in total. The summed E-state index contributed by atoms with van der Waals surface area (Å²) in [6.45, 7) is 19.8. The Morgan fingerprint density at radius 2 is 1.20 bits per heavy atom. The first-order chi connectivity index (χ1) is 39.8. The number of rotatable bonds is 10. The topological polar surface area (TPSA) is 31.8 Å². The third kappa shape index (κ3) is 8.94. The zero-order valence-corrected chi connectivity index (χ0v) is 49.0. The maximum atomic E-state index is 9.33. The van der Waals surface area contributed by atoms with Crippen molar-refractivity contribution >= 4 is 68.8 Å². The van der Waals surface area contributed by atoms with Gasteiger partial charge in [0.2, 0.25) is 0 Å². The predicted molar refractivity (Wildman–Crippen MR) is 328 cm³/mol. The summed E-state index contributed by atoms with van der Waals surface area (Å²) in [6, 6.07) is 67.8. The van der Waals surface area contributed by atoms with Gasteiger partial charge in [0.1, 0.15) is 13.9 Å². The van der Waals surface area contributed by atoms with Crippen LogP contribution in [0.25, 0.3) is 33.4 Å². The molecule has 13 rings (SSSR count). The Hall–Kier alpha value is -7.76. The fourth-order valence-corrected chi connectivity index (χ4v) is 17.5. The van der Waals surface area contributed by atoms with Gasteiger partial charge in [0.25, 0.3) is 0 Å². The van der Waals surface area contributed by atoms with E-state index in [1.54, 1.807) is 0 Å². The summed E-state index contributed by atoms with van der Waals surface area (Å²) < 4.78 is 52.0. The minimum atomic E-state index is -2.94. The van der Waals surface area contributed by atoms with Crippen molar-refractivity contribution in [2.24, 2.45) is 5.92 Å². The number of aromatic nitrogens is 1. The molecule has 7 heteroatoms. The number of benzene rings is 9. The first-order valence-electron chi connectivity index (χ1n) is 29.5. The van der Waals surface area contributed by atoms with E-state index in [4.69, 9.17) is 13.8 Å². The van der Waals surface area contributed by atoms with E-state index in [0.29, 0.717) is 34.4 Å². The summed E-state index contributed by atoms with van der Waals surface area (Å²) in [5.41, 5.74) is 12.9. The largest absolute Gasteiger partial charge is 0.509 e. The van der Waals surface area contributed by atoms with E-state index in [1.165, 1.54) is 31.9 Å². The van der Waals surface area contributed by atoms with Crippen molar-refractivity contribution in [2.45, 2.75) is 72.6 Å². The van der Waals surface area contributed by atoms with Crippen LogP contribution in [-0.4, -0.2) is 13.1 Å². The average molecular weight is 1230 g/mol. The number of para-hydroxylation sites is 4. The molecule has 1 unspecified atom stereocenters. The Labute approximate surface area is 489 Å². The van der Waals surface area contributed by atoms with Crippen LogP contribution in [0.2, 0.25) is 0 Å². The van der Waals surface area contributed by atoms with Crippen molar-refractivity contribution in [3.63, 3.8) is 0 Å². The number of pyridine rings is 1. The van der Waals surface area contributed by atoms with Crippen LogP contribution in [0.1, 0.15) is 78.9 Å². The maximum Gasteiger partial charge on any atom is 0.135 e. The first kappa shape index (κ1) is 46.2. The van der Waals surface area contributed by atoms with Gasteiger partial charge in [0.15, 0.2) is 0 Å². The molecule has 0 radical (unpaired) electrons. The number of hydrogen-bond acceptors (Lipinski definition) is 5. The van der Waals surface area contributed by atoms with Crippen molar-refractivity contribution < 1.29 is 32.7 Å². The predicted octanol–water partition coefficient (Wildman–Crippen LogP) is 16.1. The van der Waals surface area contributed by atoms with Crippen LogP contribution >= 0.6 is 0 Å². The van der Waals surface area contributed by atoms with Gasteiger partial charge >= 0.3 is 0 Å². The van der Waals surface area contributed by atoms with Crippen LogP contribution in [0.5, 0.6) is 11.5 Å². The molecule has 0 saturated carbocycles. The standard InChI is InChI=1S/C72H63N4OSi.Pt/c1-48(2)39-49-37-38-73-68(40-49)76-64-34-18-20-36-67(64)78(57-27-13-10-14-28-57)66-35-19-15-29-60(66)61-45-56(46-65(76)70(61)78)77-55-26-21-25-54(44-55)74-47-75(63-33-17-16-32-62(63)74)69-58(50-23-11-9-12-24-50)30-22-31-59(69)51-41-52(71(3,4)5)43-53(42-51)72(6,7)8;/h9-38,40-43,45,47-48H,39H2,1-8H3;/q-3;/i9D,11D,12D,23D,24D;. The summed E-state index contributed by atoms with van der Waals surface area (Å²) in [5.74, 6) is 2.32. The van der Waals surface area contributed by atoms with Crippen molar-refractivity contribution in [3.05, 3.63) is 248 Å². The zero-order valence-electron chi connectivity index (χ0n) is 50.7. The number of ether oxygens (including phenoxy) is 1. The van der Waals surface area contributed by atoms with Gasteiger partial charge in [0.05, 0.1) is 6.85 Å². The van der Waals surface area contributed by atoms with Crippen molar-refractivity contribution in [1.29, 1.82) is 0 Å². The van der Waals surface area contributed by atoms with Gasteiger partial charge in [-0.1, -0.05) is 223 Å². The molecule has 0 bridgehead atoms. The second kappa shape index (κ2) is 20.2. The Bertz CT molecular complexity index is 4190. The van der Waals surface area contributed by atoms with E-state index in [1.807, 2.05) is 55.3 Å². The Balaban J connectivity index is 0.00000694. The maximum absolute atomic E-state index is 9.33. The fourth-order valence-electron chi connectivity index (χ4n) is 12.0. The molecule has 10 aromatic rings. The minimum absolute atomic E-state index is 0. The monoisotopic (exact) mass is 1230 g/mol. The number of nitrogens with zero attached hydrogens (tertiary/aromatic N) is 4. The van der Waals surface area contributed by atoms with E-state index in [9.17, 15) is 2.74 Å². The summed E-state index contributed by atoms with van der Waals surface area (Å²) in [5, 5.41) is 5.19. The number of anilines is 7. The van der Waals surface area contributed by atoms with Gasteiger partial charge in [-0.05, 0) is 92.1 Å². The summed E-state index contributed by atoms with van der Waals surface area (Å²) in [7, 11) is -2.94. The number of fused-ring (bicyclic) bond motifs is 6. The SMILES string of the molecule is [2H]c1c([2H])c([2H])c(-c2cccc(-c3cc(C(C)(C)C)cc(C(C)(C)C)c3)c2N2[CH-]N(c3[c-]c(Oc4[c-]c5c6c(c4)-c4ccccc4[Si]6(c4ccccc4)c4ccccc4N5c4cc(CC(C)C)ccn4)ccc3)c3ccccc32)c([2H])c1[2H].[Pt]. The third-order valence-corrected chi connectivity index (χ3v) is 20.5. The molecule has 0 amide bonds.